The van der Waals surface area contributed by atoms with Gasteiger partial charge in [-0.25, -0.2) is 4.98 Å². The molecule has 0 aliphatic carbocycles. The lowest BCUT2D eigenvalue weighted by Gasteiger charge is -2.12. The van der Waals surface area contributed by atoms with Crippen molar-refractivity contribution in [3.63, 3.8) is 0 Å². The fraction of sp³-hybridized carbons (Fsp3) is 0.350. The van der Waals surface area contributed by atoms with Gasteiger partial charge in [-0.3, -0.25) is 9.59 Å². The number of aromatic nitrogens is 1. The average Bonchev–Trinajstić information content (AvgIpc) is 2.66. The molecule has 0 amide bonds. The Balaban J connectivity index is 2.02. The molecular formula is C20H22BrNO5. The van der Waals surface area contributed by atoms with Crippen molar-refractivity contribution in [3.05, 3.63) is 46.2 Å². The van der Waals surface area contributed by atoms with Gasteiger partial charge in [0.05, 0.1) is 21.3 Å². The molecule has 0 saturated carbocycles. The topological polar surface area (TPSA) is 74.7 Å². The van der Waals surface area contributed by atoms with Gasteiger partial charge >= 0.3 is 0 Å². The molecule has 0 bridgehead atoms. The summed E-state index contributed by atoms with van der Waals surface area (Å²) in [6.07, 6.45) is 0.476. The Morgan fingerprint density at radius 3 is 2.11 bits per heavy atom. The molecular weight excluding hydrogens is 414 g/mol. The maximum atomic E-state index is 12.5. The summed E-state index contributed by atoms with van der Waals surface area (Å²) in [5.74, 6) is 1.32. The molecule has 0 aliphatic heterocycles. The maximum absolute atomic E-state index is 12.5. The molecule has 0 radical (unpaired) electrons. The van der Waals surface area contributed by atoms with E-state index in [9.17, 15) is 9.59 Å². The van der Waals surface area contributed by atoms with Gasteiger partial charge in [-0.2, -0.15) is 0 Å². The van der Waals surface area contributed by atoms with E-state index in [1.54, 1.807) is 37.4 Å². The molecule has 0 spiro atoms. The van der Waals surface area contributed by atoms with Crippen molar-refractivity contribution in [1.82, 2.24) is 4.98 Å². The minimum absolute atomic E-state index is 0.0554. The third-order valence-corrected chi connectivity index (χ3v) is 4.66. The fourth-order valence-corrected chi connectivity index (χ4v) is 3.15. The van der Waals surface area contributed by atoms with Crippen LogP contribution in [0.15, 0.2) is 34.9 Å². The molecule has 1 unspecified atom stereocenters. The molecule has 2 aromatic rings. The van der Waals surface area contributed by atoms with Crippen molar-refractivity contribution in [2.24, 2.45) is 5.92 Å². The normalized spacial score (nSPS) is 11.6. The Bertz CT molecular complexity index is 837. The minimum Gasteiger partial charge on any atom is -0.494 e. The highest BCUT2D eigenvalue weighted by molar-refractivity contribution is 9.10. The smallest absolute Gasteiger partial charge is 0.181 e. The van der Waals surface area contributed by atoms with Crippen LogP contribution in [0.25, 0.3) is 0 Å². The predicted molar refractivity (Wildman–Crippen MR) is 105 cm³/mol. The largest absolute Gasteiger partial charge is 0.494 e. The van der Waals surface area contributed by atoms with Crippen molar-refractivity contribution < 1.29 is 23.8 Å². The van der Waals surface area contributed by atoms with Gasteiger partial charge in [0.1, 0.15) is 10.3 Å². The molecule has 0 aliphatic rings. The van der Waals surface area contributed by atoms with E-state index in [0.717, 1.165) is 0 Å². The molecule has 144 valence electrons. The number of hydrogen-bond acceptors (Lipinski definition) is 6. The van der Waals surface area contributed by atoms with Crippen LogP contribution in [0.1, 0.15) is 40.6 Å². The Morgan fingerprint density at radius 2 is 1.52 bits per heavy atom. The van der Waals surface area contributed by atoms with Crippen LogP contribution in [0.5, 0.6) is 17.2 Å². The zero-order chi connectivity index (χ0) is 20.0. The summed E-state index contributed by atoms with van der Waals surface area (Å²) in [5.41, 5.74) is 0.866. The molecule has 6 nitrogen and oxygen atoms in total. The number of halogens is 1. The lowest BCUT2D eigenvalue weighted by molar-refractivity contribution is 0.0925. The maximum Gasteiger partial charge on any atom is 0.181 e. The van der Waals surface area contributed by atoms with Crippen LogP contribution in [0, 0.1) is 5.92 Å². The van der Waals surface area contributed by atoms with Gasteiger partial charge in [0.2, 0.25) is 0 Å². The monoisotopic (exact) mass is 435 g/mol. The molecule has 1 heterocycles. The second-order valence-electron chi connectivity index (χ2n) is 6.12. The molecule has 27 heavy (non-hydrogen) atoms. The van der Waals surface area contributed by atoms with Gasteiger partial charge in [0.25, 0.3) is 0 Å². The van der Waals surface area contributed by atoms with Crippen molar-refractivity contribution in [1.29, 1.82) is 0 Å². The summed E-state index contributed by atoms with van der Waals surface area (Å²) in [5, 5.41) is 0. The van der Waals surface area contributed by atoms with E-state index in [-0.39, 0.29) is 30.3 Å². The summed E-state index contributed by atoms with van der Waals surface area (Å²) in [4.78, 5) is 29.2. The Hall–Kier alpha value is -2.41. The minimum atomic E-state index is -0.124. The summed E-state index contributed by atoms with van der Waals surface area (Å²) >= 11 is 3.27. The number of pyridine rings is 1. The number of nitrogens with zero attached hydrogens (tertiary/aromatic N) is 1. The molecule has 1 atom stereocenters. The lowest BCUT2D eigenvalue weighted by atomic mass is 9.94. The van der Waals surface area contributed by atoms with Crippen LogP contribution < -0.4 is 14.2 Å². The second kappa shape index (κ2) is 9.50. The number of hydrogen-bond donors (Lipinski definition) is 0. The average molecular weight is 436 g/mol. The summed E-state index contributed by atoms with van der Waals surface area (Å²) in [6.45, 7) is 1.87. The van der Waals surface area contributed by atoms with E-state index in [1.807, 2.05) is 6.92 Å². The Kier molecular flexibility index (Phi) is 7.36. The van der Waals surface area contributed by atoms with Gasteiger partial charge in [-0.05, 0) is 52.2 Å². The number of carbonyl (C=O) groups excluding carboxylic acids is 2. The number of methoxy groups -OCH3 is 3. The number of Topliss-reactive ketones (excluding diaryl/α,β-unsaturated/α-hetero) is 2. The first kappa shape index (κ1) is 20.9. The first-order chi connectivity index (χ1) is 12.9. The summed E-state index contributed by atoms with van der Waals surface area (Å²) in [6, 6.07) is 8.34. The van der Waals surface area contributed by atoms with Gasteiger partial charge in [0.15, 0.2) is 28.8 Å². The highest BCUT2D eigenvalue weighted by Gasteiger charge is 2.18. The quantitative estimate of drug-likeness (QED) is 0.430. The molecule has 0 fully saturated rings. The summed E-state index contributed by atoms with van der Waals surface area (Å²) < 4.78 is 16.0. The zero-order valence-corrected chi connectivity index (χ0v) is 17.3. The number of rotatable bonds is 9. The number of benzene rings is 1. The molecule has 0 saturated heterocycles. The van der Waals surface area contributed by atoms with Crippen LogP contribution in [-0.2, 0) is 0 Å². The number of carbonyl (C=O) groups is 2. The highest BCUT2D eigenvalue weighted by atomic mass is 79.9. The second-order valence-corrected chi connectivity index (χ2v) is 6.87. The van der Waals surface area contributed by atoms with Crippen LogP contribution >= 0.6 is 15.9 Å². The van der Waals surface area contributed by atoms with Crippen LogP contribution in [0.4, 0.5) is 0 Å². The molecule has 1 aromatic carbocycles. The molecule has 0 N–H and O–H groups in total. The Morgan fingerprint density at radius 1 is 0.926 bits per heavy atom. The number of ketones is 2. The molecule has 7 heteroatoms. The standard InChI is InChI=1S/C20H22BrNO5/c1-12(10-16(24)14-6-8-18(26-3)20(21)22-14)9-15(23)13-5-7-17(25-2)19(11-13)27-4/h5-8,11-12H,9-10H2,1-4H3. The van der Waals surface area contributed by atoms with E-state index < -0.39 is 0 Å². The van der Waals surface area contributed by atoms with Gasteiger partial charge in [-0.1, -0.05) is 6.92 Å². The van der Waals surface area contributed by atoms with E-state index in [0.29, 0.717) is 33.1 Å². The van der Waals surface area contributed by atoms with Crippen LogP contribution in [0.2, 0.25) is 0 Å². The molecule has 1 aromatic heterocycles. The van der Waals surface area contributed by atoms with Crippen molar-refractivity contribution in [3.8, 4) is 17.2 Å². The highest BCUT2D eigenvalue weighted by Crippen LogP contribution is 2.29. The van der Waals surface area contributed by atoms with Gasteiger partial charge in [-0.15, -0.1) is 0 Å². The first-order valence-electron chi connectivity index (χ1n) is 8.38. The van der Waals surface area contributed by atoms with E-state index in [2.05, 4.69) is 20.9 Å². The van der Waals surface area contributed by atoms with Crippen molar-refractivity contribution >= 4 is 27.5 Å². The third-order valence-electron chi connectivity index (χ3n) is 4.09. The third kappa shape index (κ3) is 5.29. The van der Waals surface area contributed by atoms with Gasteiger partial charge in [0, 0.05) is 18.4 Å². The van der Waals surface area contributed by atoms with Crippen molar-refractivity contribution in [2.45, 2.75) is 19.8 Å². The molecule has 2 rings (SSSR count). The van der Waals surface area contributed by atoms with E-state index in [1.165, 1.54) is 14.2 Å². The zero-order valence-electron chi connectivity index (χ0n) is 15.7. The van der Waals surface area contributed by atoms with E-state index in [4.69, 9.17) is 14.2 Å². The SMILES string of the molecule is COc1ccc(C(=O)CC(C)CC(=O)c2ccc(OC)c(Br)n2)cc1OC. The van der Waals surface area contributed by atoms with Crippen LogP contribution in [-0.4, -0.2) is 37.9 Å². The fourth-order valence-electron chi connectivity index (χ4n) is 2.67. The summed E-state index contributed by atoms with van der Waals surface area (Å²) in [7, 11) is 4.59. The first-order valence-corrected chi connectivity index (χ1v) is 9.17. The Labute approximate surface area is 167 Å². The van der Waals surface area contributed by atoms with Gasteiger partial charge < -0.3 is 14.2 Å². The van der Waals surface area contributed by atoms with Crippen molar-refractivity contribution in [2.75, 3.05) is 21.3 Å². The predicted octanol–water partition coefficient (Wildman–Crippen LogP) is 4.35. The lowest BCUT2D eigenvalue weighted by Crippen LogP contribution is -2.12. The van der Waals surface area contributed by atoms with Crippen LogP contribution in [0.3, 0.4) is 0 Å². The van der Waals surface area contributed by atoms with E-state index >= 15 is 0 Å². The number of ether oxygens (including phenoxy) is 3.